The summed E-state index contributed by atoms with van der Waals surface area (Å²) in [4.78, 5) is 8.61. The molecular weight excluding hydrogens is 345 g/mol. The first-order valence-electron chi connectivity index (χ1n) is 9.48. The Bertz CT molecular complexity index is 762. The van der Waals surface area contributed by atoms with E-state index in [1.54, 1.807) is 18.5 Å². The summed E-state index contributed by atoms with van der Waals surface area (Å²) in [6.45, 7) is 0.761. The van der Waals surface area contributed by atoms with Crippen LogP contribution in [-0.2, 0) is 13.0 Å². The highest BCUT2D eigenvalue weighted by molar-refractivity contribution is 5.88. The van der Waals surface area contributed by atoms with Crippen LogP contribution in [0, 0.1) is 5.82 Å². The molecular formula is C20H26FN5O. The number of rotatable bonds is 4. The van der Waals surface area contributed by atoms with Gasteiger partial charge in [-0.1, -0.05) is 31.4 Å². The number of aliphatic hydroxyl groups excluding tert-OH is 1. The third-order valence-electron chi connectivity index (χ3n) is 4.73. The van der Waals surface area contributed by atoms with Crippen LogP contribution in [0.25, 0.3) is 0 Å². The third kappa shape index (κ3) is 5.72. The first-order valence-corrected chi connectivity index (χ1v) is 9.48. The monoisotopic (exact) mass is 371 g/mol. The number of anilines is 1. The number of aromatic nitrogens is 2. The zero-order valence-corrected chi connectivity index (χ0v) is 15.4. The molecule has 1 aliphatic carbocycles. The van der Waals surface area contributed by atoms with Gasteiger partial charge in [0.25, 0.3) is 0 Å². The molecule has 3 N–H and O–H groups in total. The van der Waals surface area contributed by atoms with Gasteiger partial charge >= 0.3 is 0 Å². The summed E-state index contributed by atoms with van der Waals surface area (Å²) >= 11 is 0. The number of benzene rings is 1. The van der Waals surface area contributed by atoms with Gasteiger partial charge in [-0.25, -0.2) is 14.4 Å². The second-order valence-electron chi connectivity index (χ2n) is 6.76. The van der Waals surface area contributed by atoms with E-state index in [4.69, 9.17) is 5.11 Å². The number of nitrogens with one attached hydrogen (secondary N) is 2. The SMILES string of the molecule is C1=NNCc2ncnc(NC3CCCCC3)c21.OCCc1cccc(F)c1. The maximum absolute atomic E-state index is 12.4. The van der Waals surface area contributed by atoms with Crippen molar-refractivity contribution >= 4 is 12.0 Å². The molecule has 0 unspecified atom stereocenters. The summed E-state index contributed by atoms with van der Waals surface area (Å²) in [7, 11) is 0. The molecule has 0 spiro atoms. The molecule has 2 heterocycles. The van der Waals surface area contributed by atoms with Crippen molar-refractivity contribution in [1.82, 2.24) is 15.4 Å². The van der Waals surface area contributed by atoms with Gasteiger partial charge in [-0.05, 0) is 37.0 Å². The van der Waals surface area contributed by atoms with Crippen LogP contribution < -0.4 is 10.7 Å². The third-order valence-corrected chi connectivity index (χ3v) is 4.73. The molecule has 7 heteroatoms. The number of nitrogens with zero attached hydrogens (tertiary/aromatic N) is 3. The van der Waals surface area contributed by atoms with E-state index < -0.39 is 0 Å². The molecule has 0 saturated heterocycles. The second-order valence-corrected chi connectivity index (χ2v) is 6.76. The van der Waals surface area contributed by atoms with Gasteiger partial charge in [0.15, 0.2) is 0 Å². The Hall–Kier alpha value is -2.54. The molecule has 0 amide bonds. The number of aliphatic hydroxyl groups is 1. The van der Waals surface area contributed by atoms with E-state index in [1.807, 2.05) is 6.21 Å². The van der Waals surface area contributed by atoms with Crippen LogP contribution in [0.3, 0.4) is 0 Å². The predicted molar refractivity (Wildman–Crippen MR) is 104 cm³/mol. The van der Waals surface area contributed by atoms with E-state index in [9.17, 15) is 4.39 Å². The number of hydrogen-bond acceptors (Lipinski definition) is 6. The number of fused-ring (bicyclic) bond motifs is 1. The average molecular weight is 371 g/mol. The summed E-state index contributed by atoms with van der Waals surface area (Å²) in [5.74, 6) is 0.693. The van der Waals surface area contributed by atoms with E-state index >= 15 is 0 Å². The number of halogens is 1. The minimum Gasteiger partial charge on any atom is -0.396 e. The smallest absolute Gasteiger partial charge is 0.138 e. The Morgan fingerprint density at radius 1 is 1.19 bits per heavy atom. The van der Waals surface area contributed by atoms with Crippen molar-refractivity contribution in [2.24, 2.45) is 5.10 Å². The lowest BCUT2D eigenvalue weighted by Gasteiger charge is -2.24. The molecule has 1 saturated carbocycles. The van der Waals surface area contributed by atoms with E-state index in [-0.39, 0.29) is 12.4 Å². The minimum atomic E-state index is -0.244. The molecule has 0 bridgehead atoms. The van der Waals surface area contributed by atoms with Gasteiger partial charge < -0.3 is 15.8 Å². The van der Waals surface area contributed by atoms with Crippen LogP contribution in [-0.4, -0.2) is 33.9 Å². The molecule has 4 rings (SSSR count). The van der Waals surface area contributed by atoms with Crippen molar-refractivity contribution in [3.63, 3.8) is 0 Å². The van der Waals surface area contributed by atoms with E-state index in [0.29, 0.717) is 19.0 Å². The summed E-state index contributed by atoms with van der Waals surface area (Å²) in [6, 6.07) is 6.81. The van der Waals surface area contributed by atoms with Crippen molar-refractivity contribution in [3.05, 3.63) is 53.2 Å². The minimum absolute atomic E-state index is 0.0729. The van der Waals surface area contributed by atoms with Crippen molar-refractivity contribution in [1.29, 1.82) is 0 Å². The molecule has 1 aliphatic heterocycles. The quantitative estimate of drug-likeness (QED) is 0.770. The fraction of sp³-hybridized carbons (Fsp3) is 0.450. The van der Waals surface area contributed by atoms with Gasteiger partial charge in [-0.15, -0.1) is 0 Å². The molecule has 1 aromatic heterocycles. The lowest BCUT2D eigenvalue weighted by molar-refractivity contribution is 0.299. The molecule has 6 nitrogen and oxygen atoms in total. The zero-order chi connectivity index (χ0) is 18.9. The Kier molecular flexibility index (Phi) is 7.10. The molecule has 144 valence electrons. The highest BCUT2D eigenvalue weighted by Crippen LogP contribution is 2.23. The lowest BCUT2D eigenvalue weighted by atomic mass is 9.95. The average Bonchev–Trinajstić information content (AvgIpc) is 2.70. The van der Waals surface area contributed by atoms with Gasteiger partial charge in [0.1, 0.15) is 18.0 Å². The highest BCUT2D eigenvalue weighted by atomic mass is 19.1. The molecule has 1 fully saturated rings. The van der Waals surface area contributed by atoms with Gasteiger partial charge in [0, 0.05) is 12.6 Å². The maximum Gasteiger partial charge on any atom is 0.138 e. The summed E-state index contributed by atoms with van der Waals surface area (Å²) in [5, 5.41) is 16.1. The van der Waals surface area contributed by atoms with E-state index in [2.05, 4.69) is 25.8 Å². The normalized spacial score (nSPS) is 15.9. The topological polar surface area (TPSA) is 82.4 Å². The van der Waals surface area contributed by atoms with Crippen LogP contribution in [0.1, 0.15) is 48.9 Å². The van der Waals surface area contributed by atoms with Gasteiger partial charge in [0.2, 0.25) is 0 Å². The highest BCUT2D eigenvalue weighted by Gasteiger charge is 2.17. The van der Waals surface area contributed by atoms with Crippen molar-refractivity contribution < 1.29 is 9.50 Å². The first kappa shape index (κ1) is 19.2. The van der Waals surface area contributed by atoms with Crippen molar-refractivity contribution in [2.75, 3.05) is 11.9 Å². The maximum atomic E-state index is 12.4. The van der Waals surface area contributed by atoms with Gasteiger partial charge in [0.05, 0.1) is 24.0 Å². The van der Waals surface area contributed by atoms with Crippen LogP contribution in [0.4, 0.5) is 10.2 Å². The van der Waals surface area contributed by atoms with Crippen LogP contribution in [0.5, 0.6) is 0 Å². The van der Waals surface area contributed by atoms with Crippen LogP contribution in [0.15, 0.2) is 35.7 Å². The Labute approximate surface area is 158 Å². The fourth-order valence-corrected chi connectivity index (χ4v) is 3.32. The second kappa shape index (κ2) is 9.97. The van der Waals surface area contributed by atoms with Crippen LogP contribution >= 0.6 is 0 Å². The van der Waals surface area contributed by atoms with Gasteiger partial charge in [-0.3, -0.25) is 0 Å². The molecule has 0 atom stereocenters. The number of hydrogen-bond donors (Lipinski definition) is 3. The van der Waals surface area contributed by atoms with Gasteiger partial charge in [-0.2, -0.15) is 5.10 Å². The molecule has 2 aromatic rings. The lowest BCUT2D eigenvalue weighted by Crippen LogP contribution is -2.25. The fourth-order valence-electron chi connectivity index (χ4n) is 3.32. The standard InChI is InChI=1S/C12H17N5.C8H9FO/c1-2-4-9(5-3-1)17-12-10-6-15-16-7-11(10)13-8-14-12;9-8-3-1-2-7(6-8)4-5-10/h6,8-9,16H,1-5,7H2,(H,13,14,17);1-3,6,10H,4-5H2. The summed E-state index contributed by atoms with van der Waals surface area (Å²) < 4.78 is 12.4. The van der Waals surface area contributed by atoms with Crippen LogP contribution in [0.2, 0.25) is 0 Å². The first-order chi connectivity index (χ1) is 13.3. The van der Waals surface area contributed by atoms with E-state index in [1.165, 1.54) is 44.2 Å². The Morgan fingerprint density at radius 2 is 2.04 bits per heavy atom. The number of hydrazone groups is 1. The molecule has 27 heavy (non-hydrogen) atoms. The summed E-state index contributed by atoms with van der Waals surface area (Å²) in [5.41, 5.74) is 5.82. The van der Waals surface area contributed by atoms with Crippen molar-refractivity contribution in [2.45, 2.75) is 51.1 Å². The largest absolute Gasteiger partial charge is 0.396 e. The molecule has 1 aromatic carbocycles. The zero-order valence-electron chi connectivity index (χ0n) is 15.4. The Morgan fingerprint density at radius 3 is 2.81 bits per heavy atom. The van der Waals surface area contributed by atoms with E-state index in [0.717, 1.165) is 22.6 Å². The summed E-state index contributed by atoms with van der Waals surface area (Å²) in [6.07, 6.45) is 10.5. The predicted octanol–water partition coefficient (Wildman–Crippen LogP) is 3.02. The molecule has 2 aliphatic rings. The Balaban J connectivity index is 0.000000180. The van der Waals surface area contributed by atoms with Crippen molar-refractivity contribution in [3.8, 4) is 0 Å². The molecule has 0 radical (unpaired) electrons.